The average Bonchev–Trinajstić information content (AvgIpc) is 3.36. The Bertz CT molecular complexity index is 989. The molecule has 4 heterocycles. The number of nitrogens with two attached hydrogens (primary N) is 1. The number of aromatic nitrogens is 3. The van der Waals surface area contributed by atoms with Crippen LogP contribution < -0.4 is 5.73 Å². The van der Waals surface area contributed by atoms with E-state index in [9.17, 15) is 4.79 Å². The van der Waals surface area contributed by atoms with E-state index >= 15 is 0 Å². The summed E-state index contributed by atoms with van der Waals surface area (Å²) in [6.07, 6.45) is 3.75. The van der Waals surface area contributed by atoms with Gasteiger partial charge in [0.15, 0.2) is 5.65 Å². The van der Waals surface area contributed by atoms with E-state index < -0.39 is 0 Å². The molecule has 1 aliphatic heterocycles. The number of amides is 1. The molecule has 0 saturated carbocycles. The molecule has 2 unspecified atom stereocenters. The van der Waals surface area contributed by atoms with Crippen LogP contribution in [-0.4, -0.2) is 44.7 Å². The smallest absolute Gasteiger partial charge is 0.255 e. The largest absolute Gasteiger partial charge is 0.334 e. The van der Waals surface area contributed by atoms with Crippen LogP contribution in [0.4, 0.5) is 0 Å². The summed E-state index contributed by atoms with van der Waals surface area (Å²) >= 11 is 1.63. The second-order valence-corrected chi connectivity index (χ2v) is 8.92. The molecule has 3 aromatic rings. The van der Waals surface area contributed by atoms with Gasteiger partial charge in [0.2, 0.25) is 0 Å². The molecule has 2 atom stereocenters. The lowest BCUT2D eigenvalue weighted by Gasteiger charge is -2.38. The average molecular weight is 470 g/mol. The van der Waals surface area contributed by atoms with Gasteiger partial charge in [-0.1, -0.05) is 13.0 Å². The van der Waals surface area contributed by atoms with Gasteiger partial charge in [0, 0.05) is 25.2 Å². The monoisotopic (exact) mass is 469 g/mol. The number of carbonyl (C=O) groups is 1. The van der Waals surface area contributed by atoms with Crippen LogP contribution in [0.5, 0.6) is 0 Å². The van der Waals surface area contributed by atoms with E-state index in [2.05, 4.69) is 25.9 Å². The maximum absolute atomic E-state index is 13.6. The van der Waals surface area contributed by atoms with Crippen molar-refractivity contribution < 1.29 is 4.79 Å². The number of fused-ring (bicyclic) bond motifs is 1. The second kappa shape index (κ2) is 10.1. The Morgan fingerprint density at radius 2 is 2.13 bits per heavy atom. The summed E-state index contributed by atoms with van der Waals surface area (Å²) in [7, 11) is 0. The third-order valence-corrected chi connectivity index (χ3v) is 6.46. The van der Waals surface area contributed by atoms with Gasteiger partial charge < -0.3 is 10.6 Å². The summed E-state index contributed by atoms with van der Waals surface area (Å²) in [6, 6.07) is 6.22. The third-order valence-electron chi connectivity index (χ3n) is 5.57. The molecule has 0 bridgehead atoms. The number of pyridine rings is 1. The van der Waals surface area contributed by atoms with Gasteiger partial charge in [-0.3, -0.25) is 4.79 Å². The van der Waals surface area contributed by atoms with Crippen molar-refractivity contribution >= 4 is 53.1 Å². The van der Waals surface area contributed by atoms with Crippen LogP contribution in [0.2, 0.25) is 0 Å². The number of carbonyl (C=O) groups excluding carboxylic acids is 1. The molecule has 2 N–H and O–H groups in total. The Morgan fingerprint density at radius 3 is 2.77 bits per heavy atom. The summed E-state index contributed by atoms with van der Waals surface area (Å²) in [5.41, 5.74) is 8.27. The highest BCUT2D eigenvalue weighted by Gasteiger charge is 2.31. The zero-order valence-corrected chi connectivity index (χ0v) is 19.9. The van der Waals surface area contributed by atoms with Crippen molar-refractivity contribution in [3.8, 4) is 10.6 Å². The van der Waals surface area contributed by atoms with Gasteiger partial charge in [-0.25, -0.2) is 9.67 Å². The van der Waals surface area contributed by atoms with Crippen molar-refractivity contribution in [2.24, 2.45) is 11.7 Å². The summed E-state index contributed by atoms with van der Waals surface area (Å²) in [5.74, 6) is 0.635. The van der Waals surface area contributed by atoms with E-state index in [-0.39, 0.29) is 42.8 Å². The molecule has 0 aliphatic carbocycles. The number of thiophene rings is 1. The van der Waals surface area contributed by atoms with E-state index in [1.807, 2.05) is 33.2 Å². The van der Waals surface area contributed by atoms with Crippen LogP contribution in [0, 0.1) is 5.92 Å². The molecule has 0 radical (unpaired) electrons. The van der Waals surface area contributed by atoms with Crippen LogP contribution in [0.25, 0.3) is 21.6 Å². The van der Waals surface area contributed by atoms with E-state index in [0.29, 0.717) is 18.0 Å². The lowest BCUT2D eigenvalue weighted by Crippen LogP contribution is -2.49. The molecule has 1 amide bonds. The van der Waals surface area contributed by atoms with Gasteiger partial charge in [-0.2, -0.15) is 5.10 Å². The molecule has 0 spiro atoms. The highest BCUT2D eigenvalue weighted by Crippen LogP contribution is 2.31. The Labute approximate surface area is 193 Å². The first-order chi connectivity index (χ1) is 13.5. The minimum absolute atomic E-state index is 0. The van der Waals surface area contributed by atoms with E-state index in [1.165, 1.54) is 0 Å². The molecule has 4 rings (SSSR count). The predicted molar refractivity (Wildman–Crippen MR) is 128 cm³/mol. The fraction of sp³-hybridized carbons (Fsp3) is 0.476. The molecule has 6 nitrogen and oxygen atoms in total. The van der Waals surface area contributed by atoms with Gasteiger partial charge in [0.1, 0.15) is 0 Å². The topological polar surface area (TPSA) is 77.0 Å². The molecule has 0 aromatic carbocycles. The summed E-state index contributed by atoms with van der Waals surface area (Å²) in [6.45, 7) is 7.62. The number of hydrogen-bond acceptors (Lipinski definition) is 5. The Hall–Kier alpha value is -1.67. The van der Waals surface area contributed by atoms with E-state index in [0.717, 1.165) is 41.0 Å². The lowest BCUT2D eigenvalue weighted by atomic mass is 9.91. The Morgan fingerprint density at radius 1 is 1.37 bits per heavy atom. The molecule has 3 aromatic heterocycles. The van der Waals surface area contributed by atoms with Crippen LogP contribution in [-0.2, 0) is 0 Å². The minimum atomic E-state index is 0. The van der Waals surface area contributed by atoms with Crippen molar-refractivity contribution in [2.75, 3.05) is 13.1 Å². The third kappa shape index (κ3) is 4.49. The van der Waals surface area contributed by atoms with E-state index in [4.69, 9.17) is 10.7 Å². The van der Waals surface area contributed by atoms with Gasteiger partial charge in [0.05, 0.1) is 27.7 Å². The molecule has 1 aliphatic rings. The number of piperidine rings is 1. The number of hydrogen-bond donors (Lipinski definition) is 1. The fourth-order valence-electron chi connectivity index (χ4n) is 4.02. The number of nitrogens with zero attached hydrogens (tertiary/aromatic N) is 4. The quantitative estimate of drug-likeness (QED) is 0.595. The predicted octanol–water partition coefficient (Wildman–Crippen LogP) is 4.78. The highest BCUT2D eigenvalue weighted by molar-refractivity contribution is 7.13. The van der Waals surface area contributed by atoms with Crippen molar-refractivity contribution in [1.82, 2.24) is 19.7 Å². The van der Waals surface area contributed by atoms with Gasteiger partial charge >= 0.3 is 0 Å². The SMILES string of the molecule is CC1CCN(C(=O)c2cc(-c3cccs3)nc3c2cnn3C(C)C)C(CN)C1.Cl.Cl. The molecule has 164 valence electrons. The number of likely N-dealkylation sites (tertiary alicyclic amines) is 1. The Kier molecular flexibility index (Phi) is 8.27. The molecule has 1 saturated heterocycles. The van der Waals surface area contributed by atoms with Crippen molar-refractivity contribution in [3.63, 3.8) is 0 Å². The highest BCUT2D eigenvalue weighted by atomic mass is 35.5. The standard InChI is InChI=1S/C21H27N5OS.2ClH/c1-13(2)26-20-17(12-23-26)16(10-18(24-20)19-5-4-8-28-19)21(27)25-7-6-14(3)9-15(25)11-22;;/h4-5,8,10,12-15H,6-7,9,11,22H2,1-3H3;2*1H. The van der Waals surface area contributed by atoms with Crippen LogP contribution in [0.1, 0.15) is 50.0 Å². The maximum Gasteiger partial charge on any atom is 0.255 e. The minimum Gasteiger partial charge on any atom is -0.334 e. The van der Waals surface area contributed by atoms with Gasteiger partial charge in [-0.05, 0) is 50.1 Å². The number of rotatable bonds is 4. The first-order valence-corrected chi connectivity index (χ1v) is 10.8. The van der Waals surface area contributed by atoms with Crippen molar-refractivity contribution in [1.29, 1.82) is 0 Å². The lowest BCUT2D eigenvalue weighted by molar-refractivity contribution is 0.0575. The molecule has 9 heteroatoms. The first kappa shape index (κ1) is 24.6. The van der Waals surface area contributed by atoms with Crippen molar-refractivity contribution in [3.05, 3.63) is 35.3 Å². The van der Waals surface area contributed by atoms with E-state index in [1.54, 1.807) is 17.5 Å². The molecule has 30 heavy (non-hydrogen) atoms. The zero-order chi connectivity index (χ0) is 19.8. The molecular formula is C21H29Cl2N5OS. The van der Waals surface area contributed by atoms with Crippen LogP contribution in [0.15, 0.2) is 29.8 Å². The summed E-state index contributed by atoms with van der Waals surface area (Å²) in [4.78, 5) is 21.5. The first-order valence-electron chi connectivity index (χ1n) is 9.92. The molecular weight excluding hydrogens is 441 g/mol. The van der Waals surface area contributed by atoms with Crippen molar-refractivity contribution in [2.45, 2.75) is 45.7 Å². The zero-order valence-electron chi connectivity index (χ0n) is 17.4. The summed E-state index contributed by atoms with van der Waals surface area (Å²) in [5, 5.41) is 7.36. The van der Waals surface area contributed by atoms with Crippen LogP contribution >= 0.6 is 36.2 Å². The normalized spacial score (nSPS) is 18.9. The fourth-order valence-corrected chi connectivity index (χ4v) is 4.71. The van der Waals surface area contributed by atoms with Gasteiger partial charge in [-0.15, -0.1) is 36.2 Å². The maximum atomic E-state index is 13.6. The Balaban J connectivity index is 0.00000160. The number of halogens is 2. The van der Waals surface area contributed by atoms with Gasteiger partial charge in [0.25, 0.3) is 5.91 Å². The summed E-state index contributed by atoms with van der Waals surface area (Å²) < 4.78 is 1.89. The second-order valence-electron chi connectivity index (χ2n) is 7.97. The van der Waals surface area contributed by atoms with Crippen LogP contribution in [0.3, 0.4) is 0 Å². The molecule has 1 fully saturated rings.